The van der Waals surface area contributed by atoms with E-state index in [1.165, 1.54) is 0 Å². The fourth-order valence-corrected chi connectivity index (χ4v) is 3.68. The largest absolute Gasteiger partial charge is 0.462 e. The van der Waals surface area contributed by atoms with Crippen LogP contribution in [0.5, 0.6) is 0 Å². The van der Waals surface area contributed by atoms with Crippen LogP contribution in [0.3, 0.4) is 0 Å². The van der Waals surface area contributed by atoms with Crippen LogP contribution in [0.15, 0.2) is 48.6 Å². The Hall–Kier alpha value is -2.62. The molecule has 0 N–H and O–H groups in total. The van der Waals surface area contributed by atoms with Crippen molar-refractivity contribution < 1.29 is 19.1 Å². The van der Waals surface area contributed by atoms with E-state index in [0.717, 1.165) is 47.6 Å². The topological polar surface area (TPSA) is 52.6 Å². The Morgan fingerprint density at radius 2 is 1.79 bits per heavy atom. The molecule has 1 saturated carbocycles. The van der Waals surface area contributed by atoms with Crippen LogP contribution in [0.4, 0.5) is 0 Å². The van der Waals surface area contributed by atoms with E-state index in [9.17, 15) is 9.59 Å². The first-order valence-electron chi connectivity index (χ1n) is 10.0. The Morgan fingerprint density at radius 3 is 2.46 bits per heavy atom. The van der Waals surface area contributed by atoms with E-state index in [4.69, 9.17) is 9.47 Å². The Bertz CT molecular complexity index is 877. The average molecular weight is 380 g/mol. The first kappa shape index (κ1) is 20.1. The van der Waals surface area contributed by atoms with Crippen molar-refractivity contribution >= 4 is 22.7 Å². The van der Waals surface area contributed by atoms with Crippen LogP contribution < -0.4 is 0 Å². The minimum absolute atomic E-state index is 0.0893. The smallest absolute Gasteiger partial charge is 0.333 e. The molecule has 0 aromatic heterocycles. The Kier molecular flexibility index (Phi) is 6.50. The van der Waals surface area contributed by atoms with Crippen molar-refractivity contribution in [2.45, 2.75) is 64.6 Å². The molecule has 0 amide bonds. The normalized spacial score (nSPS) is 15.4. The molecule has 0 saturated heterocycles. The summed E-state index contributed by atoms with van der Waals surface area (Å²) < 4.78 is 10.9. The third kappa shape index (κ3) is 4.80. The van der Waals surface area contributed by atoms with E-state index in [0.29, 0.717) is 12.0 Å². The highest BCUT2D eigenvalue weighted by Gasteiger charge is 2.25. The predicted molar refractivity (Wildman–Crippen MR) is 110 cm³/mol. The Balaban J connectivity index is 1.73. The molecular formula is C24H28O4. The van der Waals surface area contributed by atoms with E-state index in [-0.39, 0.29) is 30.6 Å². The fourth-order valence-electron chi connectivity index (χ4n) is 3.68. The number of hydrogen-bond acceptors (Lipinski definition) is 4. The molecule has 3 rings (SSSR count). The van der Waals surface area contributed by atoms with E-state index >= 15 is 0 Å². The van der Waals surface area contributed by atoms with Gasteiger partial charge in [-0.1, -0.05) is 43.8 Å². The average Bonchev–Trinajstić information content (AvgIpc) is 3.19. The monoisotopic (exact) mass is 380 g/mol. The summed E-state index contributed by atoms with van der Waals surface area (Å²) in [7, 11) is 0. The molecule has 0 radical (unpaired) electrons. The lowest BCUT2D eigenvalue weighted by atomic mass is 9.93. The van der Waals surface area contributed by atoms with Crippen LogP contribution >= 0.6 is 0 Å². The molecule has 1 aliphatic rings. The van der Waals surface area contributed by atoms with Gasteiger partial charge in [0.1, 0.15) is 12.7 Å². The standard InChI is InChI=1S/C24H28O4/c1-4-22(24(26)28-21-7-5-6-8-21)20-12-11-18-13-17(9-10-19(18)14-20)15-27-23(25)16(2)3/h9-14,21-22H,2,4-8,15H2,1,3H3. The van der Waals surface area contributed by atoms with E-state index in [2.05, 4.69) is 12.6 Å². The summed E-state index contributed by atoms with van der Waals surface area (Å²) in [4.78, 5) is 24.2. The molecule has 4 heteroatoms. The quantitative estimate of drug-likeness (QED) is 0.474. The SMILES string of the molecule is C=C(C)C(=O)OCc1ccc2cc(C(CC)C(=O)OC3CCCC3)ccc2c1. The number of esters is 2. The van der Waals surface area contributed by atoms with Gasteiger partial charge in [-0.15, -0.1) is 0 Å². The van der Waals surface area contributed by atoms with Gasteiger partial charge < -0.3 is 9.47 Å². The van der Waals surface area contributed by atoms with Gasteiger partial charge in [0.15, 0.2) is 0 Å². The highest BCUT2D eigenvalue weighted by atomic mass is 16.5. The molecule has 2 aromatic rings. The molecular weight excluding hydrogens is 352 g/mol. The van der Waals surface area contributed by atoms with Crippen molar-refractivity contribution in [1.29, 1.82) is 0 Å². The predicted octanol–water partition coefficient (Wildman–Crippen LogP) is 5.44. The van der Waals surface area contributed by atoms with Gasteiger partial charge in [-0.3, -0.25) is 4.79 Å². The van der Waals surface area contributed by atoms with Crippen molar-refractivity contribution in [3.05, 3.63) is 59.7 Å². The molecule has 0 heterocycles. The lowest BCUT2D eigenvalue weighted by Crippen LogP contribution is -2.21. The molecule has 0 aliphatic heterocycles. The van der Waals surface area contributed by atoms with Crippen molar-refractivity contribution in [1.82, 2.24) is 0 Å². The summed E-state index contributed by atoms with van der Waals surface area (Å²) >= 11 is 0. The second-order valence-electron chi connectivity index (χ2n) is 7.60. The summed E-state index contributed by atoms with van der Waals surface area (Å²) in [5, 5.41) is 2.10. The molecule has 2 aromatic carbocycles. The lowest BCUT2D eigenvalue weighted by molar-refractivity contribution is -0.150. The highest BCUT2D eigenvalue weighted by Crippen LogP contribution is 2.29. The van der Waals surface area contributed by atoms with Crippen molar-refractivity contribution in [2.75, 3.05) is 0 Å². The van der Waals surface area contributed by atoms with Crippen LogP contribution in [-0.4, -0.2) is 18.0 Å². The first-order chi connectivity index (χ1) is 13.5. The zero-order valence-electron chi connectivity index (χ0n) is 16.7. The minimum atomic E-state index is -0.387. The maximum absolute atomic E-state index is 12.6. The number of benzene rings is 2. The van der Waals surface area contributed by atoms with Gasteiger partial charge in [0.2, 0.25) is 0 Å². The summed E-state index contributed by atoms with van der Waals surface area (Å²) in [6.45, 7) is 7.45. The van der Waals surface area contributed by atoms with Crippen molar-refractivity contribution in [3.63, 3.8) is 0 Å². The molecule has 1 fully saturated rings. The van der Waals surface area contributed by atoms with Crippen molar-refractivity contribution in [3.8, 4) is 0 Å². The van der Waals surface area contributed by atoms with Gasteiger partial charge in [-0.25, -0.2) is 4.79 Å². The summed E-state index contributed by atoms with van der Waals surface area (Å²) in [5.74, 6) is -0.736. The second-order valence-corrected chi connectivity index (χ2v) is 7.60. The Morgan fingerprint density at radius 1 is 1.11 bits per heavy atom. The molecule has 1 aliphatic carbocycles. The molecule has 0 bridgehead atoms. The van der Waals surface area contributed by atoms with E-state index in [1.54, 1.807) is 6.92 Å². The number of fused-ring (bicyclic) bond motifs is 1. The van der Waals surface area contributed by atoms with Gasteiger partial charge >= 0.3 is 11.9 Å². The summed E-state index contributed by atoms with van der Waals surface area (Å²) in [5.41, 5.74) is 2.29. The van der Waals surface area contributed by atoms with Gasteiger partial charge in [-0.2, -0.15) is 0 Å². The molecule has 1 unspecified atom stereocenters. The molecule has 4 nitrogen and oxygen atoms in total. The zero-order valence-corrected chi connectivity index (χ0v) is 16.7. The molecule has 0 spiro atoms. The fraction of sp³-hybridized carbons (Fsp3) is 0.417. The lowest BCUT2D eigenvalue weighted by Gasteiger charge is -2.18. The van der Waals surface area contributed by atoms with Crippen LogP contribution in [-0.2, 0) is 25.7 Å². The number of ether oxygens (including phenoxy) is 2. The maximum Gasteiger partial charge on any atom is 0.333 e. The van der Waals surface area contributed by atoms with E-state index in [1.807, 2.05) is 37.3 Å². The van der Waals surface area contributed by atoms with Gasteiger partial charge in [0.05, 0.1) is 5.92 Å². The molecule has 28 heavy (non-hydrogen) atoms. The Labute approximate surface area is 166 Å². The third-order valence-electron chi connectivity index (χ3n) is 5.33. The molecule has 1 atom stereocenters. The minimum Gasteiger partial charge on any atom is -0.462 e. The van der Waals surface area contributed by atoms with Crippen LogP contribution in [0.25, 0.3) is 10.8 Å². The first-order valence-corrected chi connectivity index (χ1v) is 10.0. The number of carbonyl (C=O) groups excluding carboxylic acids is 2. The number of hydrogen-bond donors (Lipinski definition) is 0. The van der Waals surface area contributed by atoms with Crippen LogP contribution in [0, 0.1) is 0 Å². The van der Waals surface area contributed by atoms with E-state index < -0.39 is 0 Å². The van der Waals surface area contributed by atoms with Crippen LogP contribution in [0.1, 0.15) is 63.0 Å². The van der Waals surface area contributed by atoms with Crippen molar-refractivity contribution in [2.24, 2.45) is 0 Å². The van der Waals surface area contributed by atoms with Crippen LogP contribution in [0.2, 0.25) is 0 Å². The second kappa shape index (κ2) is 9.05. The number of carbonyl (C=O) groups is 2. The highest BCUT2D eigenvalue weighted by molar-refractivity contribution is 5.88. The van der Waals surface area contributed by atoms with Gasteiger partial charge in [0, 0.05) is 5.57 Å². The summed E-state index contributed by atoms with van der Waals surface area (Å²) in [6.07, 6.45) is 5.07. The van der Waals surface area contributed by atoms with Gasteiger partial charge in [0.25, 0.3) is 0 Å². The maximum atomic E-state index is 12.6. The van der Waals surface area contributed by atoms with Gasteiger partial charge in [-0.05, 0) is 67.0 Å². The third-order valence-corrected chi connectivity index (χ3v) is 5.33. The zero-order chi connectivity index (χ0) is 20.1. The number of rotatable bonds is 7. The summed E-state index contributed by atoms with van der Waals surface area (Å²) in [6, 6.07) is 12.0. The molecule has 148 valence electrons.